The molecule has 0 aliphatic heterocycles. The summed E-state index contributed by atoms with van der Waals surface area (Å²) >= 11 is 5.80. The summed E-state index contributed by atoms with van der Waals surface area (Å²) in [4.78, 5) is 0. The Hall–Kier alpha value is -0.350. The van der Waals surface area contributed by atoms with Gasteiger partial charge in [-0.15, -0.1) is 0 Å². The summed E-state index contributed by atoms with van der Waals surface area (Å²) in [6.07, 6.45) is 0. The lowest BCUT2D eigenvalue weighted by atomic mass is 10.1. The largest absolute Gasteiger partial charge is 0.0610 e. The highest BCUT2D eigenvalue weighted by Crippen LogP contribution is 2.27. The van der Waals surface area contributed by atoms with E-state index < -0.39 is 0 Å². The van der Waals surface area contributed by atoms with Crippen LogP contribution in [-0.4, -0.2) is 0 Å². The topological polar surface area (TPSA) is 0 Å². The Labute approximate surface area is 106 Å². The highest BCUT2D eigenvalue weighted by Gasteiger charge is 2.00. The highest BCUT2D eigenvalue weighted by molar-refractivity contribution is 14.1. The van der Waals surface area contributed by atoms with Gasteiger partial charge in [0.1, 0.15) is 0 Å². The van der Waals surface area contributed by atoms with E-state index in [4.69, 9.17) is 0 Å². The van der Waals surface area contributed by atoms with Crippen molar-refractivity contribution < 1.29 is 0 Å². The molecule has 0 aliphatic rings. The molecule has 0 saturated heterocycles. The molecule has 0 spiro atoms. The van der Waals surface area contributed by atoms with E-state index in [1.807, 2.05) is 12.1 Å². The van der Waals surface area contributed by atoms with E-state index in [-0.39, 0.29) is 0 Å². The summed E-state index contributed by atoms with van der Waals surface area (Å²) in [5, 5.41) is 0. The van der Waals surface area contributed by atoms with E-state index >= 15 is 0 Å². The Balaban J connectivity index is 2.50. The van der Waals surface area contributed by atoms with Gasteiger partial charge in [-0.2, -0.15) is 0 Å². The molecule has 2 rings (SSSR count). The van der Waals surface area contributed by atoms with Crippen LogP contribution in [-0.2, 0) is 0 Å². The maximum absolute atomic E-state index is 3.49. The van der Waals surface area contributed by atoms with E-state index in [9.17, 15) is 0 Å². The van der Waals surface area contributed by atoms with Gasteiger partial charge in [-0.05, 0) is 67.8 Å². The average molecular weight is 358 g/mol. The molecule has 0 saturated carbocycles. The molecule has 0 fully saturated rings. The van der Waals surface area contributed by atoms with Crippen molar-refractivity contribution in [2.24, 2.45) is 0 Å². The van der Waals surface area contributed by atoms with Gasteiger partial charge in [-0.1, -0.05) is 30.3 Å². The van der Waals surface area contributed by atoms with E-state index in [0.29, 0.717) is 0 Å². The Kier molecular flexibility index (Phi) is 3.23. The van der Waals surface area contributed by atoms with Crippen LogP contribution in [0.1, 0.15) is 0 Å². The van der Waals surface area contributed by atoms with Crippen LogP contribution in [0.5, 0.6) is 0 Å². The van der Waals surface area contributed by atoms with Gasteiger partial charge in [0, 0.05) is 8.04 Å². The molecule has 1 radical (unpaired) electrons. The normalized spacial score (nSPS) is 10.1. The maximum atomic E-state index is 3.49. The van der Waals surface area contributed by atoms with Gasteiger partial charge >= 0.3 is 0 Å². The molecule has 14 heavy (non-hydrogen) atoms. The van der Waals surface area contributed by atoms with Crippen molar-refractivity contribution in [2.75, 3.05) is 0 Å². The molecule has 0 amide bonds. The minimum atomic E-state index is 1.02. The van der Waals surface area contributed by atoms with E-state index in [1.54, 1.807) is 0 Å². The van der Waals surface area contributed by atoms with Crippen LogP contribution in [0.25, 0.3) is 11.1 Å². The standard InChI is InChI=1S/C12H7BrI/c13-12-4-2-1-3-11(12)9-5-7-10(14)8-6-9/h1-3,5-8H. The second-order valence-electron chi connectivity index (χ2n) is 2.90. The third-order valence-electron chi connectivity index (χ3n) is 1.96. The van der Waals surface area contributed by atoms with Crippen LogP contribution in [0.15, 0.2) is 46.9 Å². The van der Waals surface area contributed by atoms with Crippen molar-refractivity contribution in [2.45, 2.75) is 0 Å². The Morgan fingerprint density at radius 3 is 2.43 bits per heavy atom. The SMILES string of the molecule is Brc1[c]cccc1-c1ccc(I)cc1. The summed E-state index contributed by atoms with van der Waals surface area (Å²) in [5.74, 6) is 0. The maximum Gasteiger partial charge on any atom is 0.0332 e. The summed E-state index contributed by atoms with van der Waals surface area (Å²) in [6.45, 7) is 0. The molecule has 2 heteroatoms. The van der Waals surface area contributed by atoms with E-state index in [1.165, 1.54) is 14.7 Å². The summed E-state index contributed by atoms with van der Waals surface area (Å²) < 4.78 is 2.27. The summed E-state index contributed by atoms with van der Waals surface area (Å²) in [7, 11) is 0. The third kappa shape index (κ3) is 2.17. The number of rotatable bonds is 1. The van der Waals surface area contributed by atoms with Gasteiger partial charge in [0.15, 0.2) is 0 Å². The van der Waals surface area contributed by atoms with Crippen molar-refractivity contribution in [1.82, 2.24) is 0 Å². The van der Waals surface area contributed by atoms with E-state index in [2.05, 4.69) is 74.9 Å². The van der Waals surface area contributed by atoms with Crippen molar-refractivity contribution in [1.29, 1.82) is 0 Å². The van der Waals surface area contributed by atoms with Gasteiger partial charge in [0.25, 0.3) is 0 Å². The zero-order valence-corrected chi connectivity index (χ0v) is 11.0. The number of hydrogen-bond donors (Lipinski definition) is 0. The molecular formula is C12H7BrI. The zero-order valence-electron chi connectivity index (χ0n) is 7.30. The summed E-state index contributed by atoms with van der Waals surface area (Å²) in [5.41, 5.74) is 2.40. The Morgan fingerprint density at radius 1 is 1.07 bits per heavy atom. The fourth-order valence-corrected chi connectivity index (χ4v) is 2.12. The van der Waals surface area contributed by atoms with Crippen LogP contribution in [0.4, 0.5) is 0 Å². The Morgan fingerprint density at radius 2 is 1.79 bits per heavy atom. The van der Waals surface area contributed by atoms with Crippen LogP contribution < -0.4 is 0 Å². The van der Waals surface area contributed by atoms with Crippen molar-refractivity contribution in [3.63, 3.8) is 0 Å². The molecule has 0 N–H and O–H groups in total. The van der Waals surface area contributed by atoms with Crippen LogP contribution >= 0.6 is 38.5 Å². The smallest absolute Gasteiger partial charge is 0.0332 e. The van der Waals surface area contributed by atoms with Crippen molar-refractivity contribution >= 4 is 38.5 Å². The molecule has 0 nitrogen and oxygen atoms in total. The van der Waals surface area contributed by atoms with Gasteiger partial charge < -0.3 is 0 Å². The molecule has 69 valence electrons. The fourth-order valence-electron chi connectivity index (χ4n) is 1.27. The van der Waals surface area contributed by atoms with E-state index in [0.717, 1.165) is 4.47 Å². The predicted molar refractivity (Wildman–Crippen MR) is 71.1 cm³/mol. The van der Waals surface area contributed by atoms with Crippen LogP contribution in [0.2, 0.25) is 0 Å². The highest BCUT2D eigenvalue weighted by atomic mass is 127. The molecule has 0 bridgehead atoms. The molecule has 0 aromatic heterocycles. The van der Waals surface area contributed by atoms with Crippen molar-refractivity contribution in [3.8, 4) is 11.1 Å². The molecule has 0 heterocycles. The number of halogens is 2. The quantitative estimate of drug-likeness (QED) is 0.658. The first-order valence-corrected chi connectivity index (χ1v) is 6.07. The molecular weight excluding hydrogens is 351 g/mol. The lowest BCUT2D eigenvalue weighted by Crippen LogP contribution is -1.79. The lowest BCUT2D eigenvalue weighted by molar-refractivity contribution is 1.56. The van der Waals surface area contributed by atoms with Crippen LogP contribution in [0, 0.1) is 9.64 Å². The summed E-state index contributed by atoms with van der Waals surface area (Å²) in [6, 6.07) is 17.6. The number of hydrogen-bond acceptors (Lipinski definition) is 0. The number of benzene rings is 2. The van der Waals surface area contributed by atoms with Gasteiger partial charge in [0.2, 0.25) is 0 Å². The molecule has 0 unspecified atom stereocenters. The zero-order chi connectivity index (χ0) is 9.97. The minimum absolute atomic E-state index is 1.02. The van der Waals surface area contributed by atoms with Crippen molar-refractivity contribution in [3.05, 3.63) is 56.6 Å². The predicted octanol–water partition coefficient (Wildman–Crippen LogP) is 4.52. The fraction of sp³-hybridized carbons (Fsp3) is 0. The first kappa shape index (κ1) is 10.2. The van der Waals surface area contributed by atoms with Gasteiger partial charge in [-0.25, -0.2) is 0 Å². The lowest BCUT2D eigenvalue weighted by Gasteiger charge is -2.03. The average Bonchev–Trinajstić information content (AvgIpc) is 2.20. The first-order valence-electron chi connectivity index (χ1n) is 4.19. The monoisotopic (exact) mass is 357 g/mol. The molecule has 0 atom stereocenters. The second kappa shape index (κ2) is 4.45. The molecule has 2 aromatic rings. The Bertz CT molecular complexity index is 434. The second-order valence-corrected chi connectivity index (χ2v) is 4.94. The molecule has 2 aromatic carbocycles. The molecule has 0 aliphatic carbocycles. The van der Waals surface area contributed by atoms with Gasteiger partial charge in [-0.3, -0.25) is 0 Å². The van der Waals surface area contributed by atoms with Gasteiger partial charge in [0.05, 0.1) is 0 Å². The van der Waals surface area contributed by atoms with Crippen LogP contribution in [0.3, 0.4) is 0 Å². The third-order valence-corrected chi connectivity index (χ3v) is 3.34. The first-order chi connectivity index (χ1) is 6.77. The minimum Gasteiger partial charge on any atom is -0.0610 e.